The number of carbonyl (C=O) groups excluding carboxylic acids is 1. The third-order valence-electron chi connectivity index (χ3n) is 6.00. The number of hydrogen-bond donors (Lipinski definition) is 0. The number of aryl methyl sites for hydroxylation is 1. The predicted octanol–water partition coefficient (Wildman–Crippen LogP) is 3.76. The molecule has 0 bridgehead atoms. The molecule has 3 aromatic rings. The summed E-state index contributed by atoms with van der Waals surface area (Å²) in [5, 5.41) is 4.54. The Balaban J connectivity index is 1.40. The first kappa shape index (κ1) is 20.4. The van der Waals surface area contributed by atoms with Gasteiger partial charge in [-0.3, -0.25) is 14.4 Å². The standard InChI is InChI=1S/C25H30N4O/c1-3-24-23(17-26-29(24)18-21-10-5-4-6-11-21)25(30)28-15-13-27(14-16-28)19-22-12-8-7-9-20(22)2/h4-12,17H,3,13-16,18-19H2,1-2H3. The quantitative estimate of drug-likeness (QED) is 0.630. The van der Waals surface area contributed by atoms with Crippen LogP contribution in [-0.4, -0.2) is 51.7 Å². The second-order valence-electron chi connectivity index (χ2n) is 8.00. The van der Waals surface area contributed by atoms with Gasteiger partial charge in [0.25, 0.3) is 5.91 Å². The monoisotopic (exact) mass is 402 g/mol. The lowest BCUT2D eigenvalue weighted by Gasteiger charge is -2.35. The number of rotatable bonds is 6. The second kappa shape index (κ2) is 9.26. The molecule has 1 aliphatic heterocycles. The van der Waals surface area contributed by atoms with Crippen LogP contribution in [0.3, 0.4) is 0 Å². The summed E-state index contributed by atoms with van der Waals surface area (Å²) < 4.78 is 1.97. The lowest BCUT2D eigenvalue weighted by atomic mass is 10.1. The van der Waals surface area contributed by atoms with E-state index in [0.29, 0.717) is 6.54 Å². The van der Waals surface area contributed by atoms with E-state index in [-0.39, 0.29) is 5.91 Å². The summed E-state index contributed by atoms with van der Waals surface area (Å²) in [6, 6.07) is 18.8. The van der Waals surface area contributed by atoms with E-state index in [0.717, 1.165) is 50.4 Å². The van der Waals surface area contributed by atoms with Gasteiger partial charge < -0.3 is 4.90 Å². The molecule has 0 saturated carbocycles. The molecule has 2 heterocycles. The molecular formula is C25H30N4O. The van der Waals surface area contributed by atoms with Crippen LogP contribution in [0.2, 0.25) is 0 Å². The Labute approximate surface area is 178 Å². The van der Waals surface area contributed by atoms with Crippen molar-refractivity contribution in [3.05, 3.63) is 88.7 Å². The molecule has 0 aliphatic carbocycles. The molecule has 0 unspecified atom stereocenters. The van der Waals surface area contributed by atoms with Crippen LogP contribution in [0.15, 0.2) is 60.8 Å². The fourth-order valence-corrected chi connectivity index (χ4v) is 4.16. The zero-order chi connectivity index (χ0) is 20.9. The summed E-state index contributed by atoms with van der Waals surface area (Å²) in [5.74, 6) is 0.113. The molecule has 0 spiro atoms. The van der Waals surface area contributed by atoms with E-state index in [1.807, 2.05) is 27.8 Å². The van der Waals surface area contributed by atoms with Crippen LogP contribution in [0.25, 0.3) is 0 Å². The van der Waals surface area contributed by atoms with E-state index in [1.54, 1.807) is 6.20 Å². The van der Waals surface area contributed by atoms with Gasteiger partial charge in [0.2, 0.25) is 0 Å². The normalized spacial score (nSPS) is 14.8. The molecule has 1 fully saturated rings. The fraction of sp³-hybridized carbons (Fsp3) is 0.360. The Morgan fingerprint density at radius 1 is 0.933 bits per heavy atom. The Kier molecular flexibility index (Phi) is 6.29. The highest BCUT2D eigenvalue weighted by Crippen LogP contribution is 2.17. The number of piperazine rings is 1. The van der Waals surface area contributed by atoms with Gasteiger partial charge in [-0.2, -0.15) is 5.10 Å². The number of carbonyl (C=O) groups is 1. The van der Waals surface area contributed by atoms with Gasteiger partial charge in [0.1, 0.15) is 0 Å². The largest absolute Gasteiger partial charge is 0.336 e. The van der Waals surface area contributed by atoms with Gasteiger partial charge in [0.05, 0.1) is 24.0 Å². The van der Waals surface area contributed by atoms with Gasteiger partial charge in [0.15, 0.2) is 0 Å². The average molecular weight is 403 g/mol. The minimum atomic E-state index is 0.113. The van der Waals surface area contributed by atoms with Crippen LogP contribution in [0.5, 0.6) is 0 Å². The zero-order valence-electron chi connectivity index (χ0n) is 17.9. The summed E-state index contributed by atoms with van der Waals surface area (Å²) in [5.41, 5.74) is 5.66. The van der Waals surface area contributed by atoms with Gasteiger partial charge in [-0.05, 0) is 30.0 Å². The number of aromatic nitrogens is 2. The molecule has 5 heteroatoms. The van der Waals surface area contributed by atoms with E-state index in [2.05, 4.69) is 60.2 Å². The number of benzene rings is 2. The van der Waals surface area contributed by atoms with Crippen LogP contribution in [0.1, 0.15) is 39.7 Å². The second-order valence-corrected chi connectivity index (χ2v) is 8.00. The zero-order valence-corrected chi connectivity index (χ0v) is 17.9. The maximum absolute atomic E-state index is 13.2. The fourth-order valence-electron chi connectivity index (χ4n) is 4.16. The van der Waals surface area contributed by atoms with Crippen molar-refractivity contribution < 1.29 is 4.79 Å². The predicted molar refractivity (Wildman–Crippen MR) is 120 cm³/mol. The third-order valence-corrected chi connectivity index (χ3v) is 6.00. The van der Waals surface area contributed by atoms with Crippen LogP contribution in [0, 0.1) is 6.92 Å². The molecule has 0 atom stereocenters. The number of hydrogen-bond acceptors (Lipinski definition) is 3. The first-order valence-electron chi connectivity index (χ1n) is 10.8. The molecule has 30 heavy (non-hydrogen) atoms. The summed E-state index contributed by atoms with van der Waals surface area (Å²) in [6.07, 6.45) is 2.55. The number of amides is 1. The van der Waals surface area contributed by atoms with Crippen LogP contribution >= 0.6 is 0 Å². The maximum Gasteiger partial charge on any atom is 0.257 e. The molecule has 1 amide bonds. The highest BCUT2D eigenvalue weighted by atomic mass is 16.2. The molecule has 1 saturated heterocycles. The van der Waals surface area contributed by atoms with Crippen molar-refractivity contribution in [2.75, 3.05) is 26.2 Å². The van der Waals surface area contributed by atoms with Crippen LogP contribution in [0.4, 0.5) is 0 Å². The van der Waals surface area contributed by atoms with Crippen molar-refractivity contribution in [2.45, 2.75) is 33.4 Å². The van der Waals surface area contributed by atoms with Crippen molar-refractivity contribution in [1.82, 2.24) is 19.6 Å². The van der Waals surface area contributed by atoms with E-state index in [1.165, 1.54) is 16.7 Å². The van der Waals surface area contributed by atoms with Crippen molar-refractivity contribution in [3.63, 3.8) is 0 Å². The van der Waals surface area contributed by atoms with Crippen molar-refractivity contribution in [2.24, 2.45) is 0 Å². The third kappa shape index (κ3) is 4.46. The molecular weight excluding hydrogens is 372 g/mol. The first-order valence-corrected chi connectivity index (χ1v) is 10.8. The summed E-state index contributed by atoms with van der Waals surface area (Å²) >= 11 is 0. The molecule has 4 rings (SSSR count). The Morgan fingerprint density at radius 2 is 1.63 bits per heavy atom. The first-order chi connectivity index (χ1) is 14.7. The van der Waals surface area contributed by atoms with Gasteiger partial charge in [-0.15, -0.1) is 0 Å². The van der Waals surface area contributed by atoms with Gasteiger partial charge >= 0.3 is 0 Å². The molecule has 1 aliphatic rings. The highest BCUT2D eigenvalue weighted by molar-refractivity contribution is 5.95. The smallest absolute Gasteiger partial charge is 0.257 e. The molecule has 156 valence electrons. The van der Waals surface area contributed by atoms with E-state index < -0.39 is 0 Å². The maximum atomic E-state index is 13.2. The van der Waals surface area contributed by atoms with Crippen LogP contribution in [-0.2, 0) is 19.5 Å². The SMILES string of the molecule is CCc1c(C(=O)N2CCN(Cc3ccccc3C)CC2)cnn1Cc1ccccc1. The lowest BCUT2D eigenvalue weighted by molar-refractivity contribution is 0.0627. The van der Waals surface area contributed by atoms with Gasteiger partial charge in [0, 0.05) is 32.7 Å². The lowest BCUT2D eigenvalue weighted by Crippen LogP contribution is -2.48. The summed E-state index contributed by atoms with van der Waals surface area (Å²) in [6.45, 7) is 9.23. The Morgan fingerprint density at radius 3 is 2.33 bits per heavy atom. The van der Waals surface area contributed by atoms with Crippen molar-refractivity contribution in [1.29, 1.82) is 0 Å². The molecule has 1 aromatic heterocycles. The van der Waals surface area contributed by atoms with Crippen molar-refractivity contribution in [3.8, 4) is 0 Å². The molecule has 2 aromatic carbocycles. The summed E-state index contributed by atoms with van der Waals surface area (Å²) in [7, 11) is 0. The summed E-state index contributed by atoms with van der Waals surface area (Å²) in [4.78, 5) is 17.6. The molecule has 0 N–H and O–H groups in total. The highest BCUT2D eigenvalue weighted by Gasteiger charge is 2.25. The van der Waals surface area contributed by atoms with Crippen LogP contribution < -0.4 is 0 Å². The van der Waals surface area contributed by atoms with Crippen molar-refractivity contribution >= 4 is 5.91 Å². The average Bonchev–Trinajstić information content (AvgIpc) is 3.18. The van der Waals surface area contributed by atoms with E-state index >= 15 is 0 Å². The number of nitrogens with zero attached hydrogens (tertiary/aromatic N) is 4. The van der Waals surface area contributed by atoms with Gasteiger partial charge in [-0.1, -0.05) is 61.5 Å². The molecule has 5 nitrogen and oxygen atoms in total. The Bertz CT molecular complexity index is 987. The minimum absolute atomic E-state index is 0.113. The van der Waals surface area contributed by atoms with Gasteiger partial charge in [-0.25, -0.2) is 0 Å². The molecule has 0 radical (unpaired) electrons. The van der Waals surface area contributed by atoms with E-state index in [4.69, 9.17) is 0 Å². The Hall–Kier alpha value is -2.92. The van der Waals surface area contributed by atoms with E-state index in [9.17, 15) is 4.79 Å². The minimum Gasteiger partial charge on any atom is -0.336 e. The topological polar surface area (TPSA) is 41.4 Å².